The van der Waals surface area contributed by atoms with Crippen molar-refractivity contribution in [2.45, 2.75) is 17.8 Å². The van der Waals surface area contributed by atoms with E-state index in [1.54, 1.807) is 22.8 Å². The summed E-state index contributed by atoms with van der Waals surface area (Å²) in [6.07, 6.45) is 3.47. The molecule has 0 spiro atoms. The van der Waals surface area contributed by atoms with Gasteiger partial charge in [0.2, 0.25) is 5.16 Å². The molecule has 0 aliphatic carbocycles. The van der Waals surface area contributed by atoms with Crippen molar-refractivity contribution in [3.05, 3.63) is 77.6 Å². The number of nitrogens with zero attached hydrogens (tertiary/aromatic N) is 4. The highest BCUT2D eigenvalue weighted by Crippen LogP contribution is 2.20. The molecule has 3 rings (SSSR count). The number of benzene rings is 2. The van der Waals surface area contributed by atoms with E-state index in [1.165, 1.54) is 11.1 Å². The van der Waals surface area contributed by atoms with Crippen molar-refractivity contribution in [2.75, 3.05) is 0 Å². The van der Waals surface area contributed by atoms with Crippen molar-refractivity contribution in [2.24, 2.45) is 5.10 Å². The Bertz CT molecular complexity index is 765. The normalized spacial score (nSPS) is 11.1. The topological polar surface area (TPSA) is 43.1 Å². The van der Waals surface area contributed by atoms with E-state index in [1.807, 2.05) is 42.6 Å². The fourth-order valence-electron chi connectivity index (χ4n) is 1.97. The molecule has 0 bridgehead atoms. The SMILES string of the molecule is Cc1ccccc1/C=N/n1cnnc1SCc1ccccc1. The molecule has 0 atom stereocenters. The minimum absolute atomic E-state index is 0.786. The third-order valence-electron chi connectivity index (χ3n) is 3.22. The second-order valence-corrected chi connectivity index (χ2v) is 5.78. The first kappa shape index (κ1) is 14.5. The Kier molecular flexibility index (Phi) is 4.65. The number of aryl methyl sites for hydroxylation is 1. The summed E-state index contributed by atoms with van der Waals surface area (Å²) in [4.78, 5) is 0. The van der Waals surface area contributed by atoms with Gasteiger partial charge in [0.25, 0.3) is 0 Å². The van der Waals surface area contributed by atoms with Gasteiger partial charge in [0.1, 0.15) is 6.33 Å². The Labute approximate surface area is 133 Å². The largest absolute Gasteiger partial charge is 0.212 e. The molecule has 0 saturated heterocycles. The molecular formula is C17H16N4S. The van der Waals surface area contributed by atoms with E-state index < -0.39 is 0 Å². The summed E-state index contributed by atoms with van der Waals surface area (Å²) in [7, 11) is 0. The molecular weight excluding hydrogens is 292 g/mol. The van der Waals surface area contributed by atoms with Crippen LogP contribution in [0.3, 0.4) is 0 Å². The van der Waals surface area contributed by atoms with E-state index in [-0.39, 0.29) is 0 Å². The lowest BCUT2D eigenvalue weighted by Crippen LogP contribution is -1.94. The molecule has 110 valence electrons. The van der Waals surface area contributed by atoms with Gasteiger partial charge in [-0.2, -0.15) is 9.78 Å². The molecule has 0 aliphatic heterocycles. The molecule has 2 aromatic carbocycles. The highest BCUT2D eigenvalue weighted by molar-refractivity contribution is 7.98. The van der Waals surface area contributed by atoms with Gasteiger partial charge in [0.05, 0.1) is 6.21 Å². The van der Waals surface area contributed by atoms with E-state index in [9.17, 15) is 0 Å². The fraction of sp³-hybridized carbons (Fsp3) is 0.118. The molecule has 0 amide bonds. The maximum absolute atomic E-state index is 4.46. The van der Waals surface area contributed by atoms with Crippen molar-refractivity contribution in [1.82, 2.24) is 14.9 Å². The lowest BCUT2D eigenvalue weighted by molar-refractivity contribution is 0.767. The molecule has 5 heteroatoms. The van der Waals surface area contributed by atoms with Crippen LogP contribution in [0.1, 0.15) is 16.7 Å². The van der Waals surface area contributed by atoms with E-state index in [0.717, 1.165) is 16.5 Å². The number of thioether (sulfide) groups is 1. The molecule has 0 radical (unpaired) electrons. The average molecular weight is 308 g/mol. The number of rotatable bonds is 5. The van der Waals surface area contributed by atoms with Gasteiger partial charge in [-0.15, -0.1) is 10.2 Å². The third kappa shape index (κ3) is 3.62. The van der Waals surface area contributed by atoms with Crippen LogP contribution in [0.25, 0.3) is 0 Å². The van der Waals surface area contributed by atoms with Crippen LogP contribution in [-0.2, 0) is 5.75 Å². The predicted molar refractivity (Wildman–Crippen MR) is 90.2 cm³/mol. The zero-order valence-corrected chi connectivity index (χ0v) is 13.1. The average Bonchev–Trinajstić information content (AvgIpc) is 3.01. The van der Waals surface area contributed by atoms with Gasteiger partial charge in [-0.05, 0) is 23.6 Å². The van der Waals surface area contributed by atoms with Crippen LogP contribution in [-0.4, -0.2) is 21.1 Å². The zero-order chi connectivity index (χ0) is 15.2. The summed E-state index contributed by atoms with van der Waals surface area (Å²) in [5.74, 6) is 0.847. The first-order valence-electron chi connectivity index (χ1n) is 6.99. The van der Waals surface area contributed by atoms with E-state index >= 15 is 0 Å². The van der Waals surface area contributed by atoms with Gasteiger partial charge in [-0.25, -0.2) is 0 Å². The molecule has 1 aromatic heterocycles. The lowest BCUT2D eigenvalue weighted by atomic mass is 10.1. The summed E-state index contributed by atoms with van der Waals surface area (Å²) in [5, 5.41) is 13.3. The highest BCUT2D eigenvalue weighted by atomic mass is 32.2. The van der Waals surface area contributed by atoms with E-state index in [2.05, 4.69) is 40.4 Å². The Morgan fingerprint density at radius 2 is 1.86 bits per heavy atom. The van der Waals surface area contributed by atoms with Gasteiger partial charge < -0.3 is 0 Å². The monoisotopic (exact) mass is 308 g/mol. The second kappa shape index (κ2) is 7.04. The molecule has 22 heavy (non-hydrogen) atoms. The first-order chi connectivity index (χ1) is 10.8. The van der Waals surface area contributed by atoms with Crippen LogP contribution >= 0.6 is 11.8 Å². The summed E-state index contributed by atoms with van der Waals surface area (Å²) in [6, 6.07) is 18.4. The highest BCUT2D eigenvalue weighted by Gasteiger charge is 2.04. The molecule has 0 aliphatic rings. The number of hydrogen-bond acceptors (Lipinski definition) is 4. The summed E-state index contributed by atoms with van der Waals surface area (Å²) in [6.45, 7) is 2.07. The minimum Gasteiger partial charge on any atom is -0.195 e. The molecule has 0 N–H and O–H groups in total. The standard InChI is InChI=1S/C17H16N4S/c1-14-7-5-6-10-16(14)11-19-21-13-18-20-17(21)22-12-15-8-3-2-4-9-15/h2-11,13H,12H2,1H3/b19-11+. The molecule has 0 unspecified atom stereocenters. The van der Waals surface area contributed by atoms with Crippen molar-refractivity contribution in [1.29, 1.82) is 0 Å². The predicted octanol–water partition coefficient (Wildman–Crippen LogP) is 3.76. The van der Waals surface area contributed by atoms with Gasteiger partial charge >= 0.3 is 0 Å². The molecule has 3 aromatic rings. The smallest absolute Gasteiger partial charge is 0.195 e. The molecule has 0 saturated carbocycles. The van der Waals surface area contributed by atoms with Crippen molar-refractivity contribution >= 4 is 18.0 Å². The Hall–Kier alpha value is -2.40. The molecule has 1 heterocycles. The van der Waals surface area contributed by atoms with Gasteiger partial charge in [0, 0.05) is 5.75 Å². The number of hydrogen-bond donors (Lipinski definition) is 0. The summed E-state index contributed by atoms with van der Waals surface area (Å²) < 4.78 is 1.71. The zero-order valence-electron chi connectivity index (χ0n) is 12.3. The van der Waals surface area contributed by atoms with Crippen LogP contribution < -0.4 is 0 Å². The maximum Gasteiger partial charge on any atom is 0.212 e. The summed E-state index contributed by atoms with van der Waals surface area (Å²) >= 11 is 1.62. The van der Waals surface area contributed by atoms with E-state index in [4.69, 9.17) is 0 Å². The van der Waals surface area contributed by atoms with Crippen LogP contribution in [0.15, 0.2) is 71.2 Å². The Balaban J connectivity index is 1.71. The molecule has 0 fully saturated rings. The van der Waals surface area contributed by atoms with Crippen molar-refractivity contribution < 1.29 is 0 Å². The quantitative estimate of drug-likeness (QED) is 0.532. The fourth-order valence-corrected chi connectivity index (χ4v) is 2.79. The van der Waals surface area contributed by atoms with Crippen LogP contribution in [0.4, 0.5) is 0 Å². The second-order valence-electron chi connectivity index (χ2n) is 4.83. The van der Waals surface area contributed by atoms with Crippen LogP contribution in [0.5, 0.6) is 0 Å². The Morgan fingerprint density at radius 3 is 2.68 bits per heavy atom. The van der Waals surface area contributed by atoms with Gasteiger partial charge in [-0.3, -0.25) is 0 Å². The van der Waals surface area contributed by atoms with Crippen LogP contribution in [0.2, 0.25) is 0 Å². The molecule has 4 nitrogen and oxygen atoms in total. The van der Waals surface area contributed by atoms with Crippen LogP contribution in [0, 0.1) is 6.92 Å². The lowest BCUT2D eigenvalue weighted by Gasteiger charge is -2.02. The first-order valence-corrected chi connectivity index (χ1v) is 7.98. The maximum atomic E-state index is 4.46. The number of aromatic nitrogens is 3. The van der Waals surface area contributed by atoms with Crippen molar-refractivity contribution in [3.63, 3.8) is 0 Å². The third-order valence-corrected chi connectivity index (χ3v) is 4.23. The summed E-state index contributed by atoms with van der Waals surface area (Å²) in [5.41, 5.74) is 3.54. The van der Waals surface area contributed by atoms with Crippen molar-refractivity contribution in [3.8, 4) is 0 Å². The Morgan fingerprint density at radius 1 is 1.09 bits per heavy atom. The minimum atomic E-state index is 0.786. The van der Waals surface area contributed by atoms with E-state index in [0.29, 0.717) is 0 Å². The van der Waals surface area contributed by atoms with Gasteiger partial charge in [-0.1, -0.05) is 66.4 Å². The van der Waals surface area contributed by atoms with Gasteiger partial charge in [0.15, 0.2) is 0 Å².